The Morgan fingerprint density at radius 1 is 1.00 bits per heavy atom. The van der Waals surface area contributed by atoms with Crippen LogP contribution in [0.4, 0.5) is 17.6 Å². The Balaban J connectivity index is 1.50. The van der Waals surface area contributed by atoms with E-state index in [1.807, 2.05) is 18.2 Å². The molecule has 0 spiro atoms. The van der Waals surface area contributed by atoms with Crippen molar-refractivity contribution >= 4 is 34.9 Å². The first-order valence-electron chi connectivity index (χ1n) is 11.1. The molecule has 6 nitrogen and oxygen atoms in total. The van der Waals surface area contributed by atoms with Gasteiger partial charge in [0.1, 0.15) is 11.6 Å². The summed E-state index contributed by atoms with van der Waals surface area (Å²) in [4.78, 5) is 14.4. The number of thiocarbonyl (C=S) groups is 1. The zero-order valence-corrected chi connectivity index (χ0v) is 18.6. The second kappa shape index (κ2) is 10.1. The van der Waals surface area contributed by atoms with Gasteiger partial charge in [-0.2, -0.15) is 9.97 Å². The van der Waals surface area contributed by atoms with Crippen molar-refractivity contribution in [1.82, 2.24) is 15.3 Å². The molecule has 0 unspecified atom stereocenters. The molecule has 3 heterocycles. The minimum Gasteiger partial charge on any atom is -0.358 e. The van der Waals surface area contributed by atoms with Crippen LogP contribution in [0.1, 0.15) is 44.6 Å². The van der Waals surface area contributed by atoms with E-state index < -0.39 is 0 Å². The van der Waals surface area contributed by atoms with Gasteiger partial charge in [-0.15, -0.1) is 0 Å². The summed E-state index contributed by atoms with van der Waals surface area (Å²) in [5, 5.41) is 7.04. The summed E-state index contributed by atoms with van der Waals surface area (Å²) in [6, 6.07) is 12.4. The Kier molecular flexibility index (Phi) is 7.00. The van der Waals surface area contributed by atoms with Crippen LogP contribution >= 0.6 is 12.2 Å². The summed E-state index contributed by atoms with van der Waals surface area (Å²) in [5.41, 5.74) is 1.19. The lowest BCUT2D eigenvalue weighted by molar-refractivity contribution is 0.444. The van der Waals surface area contributed by atoms with Crippen molar-refractivity contribution in [3.8, 4) is 0 Å². The summed E-state index contributed by atoms with van der Waals surface area (Å²) >= 11 is 5.52. The van der Waals surface area contributed by atoms with E-state index in [1.165, 1.54) is 37.7 Å². The largest absolute Gasteiger partial charge is 0.358 e. The minimum atomic E-state index is 0.549. The molecule has 2 aliphatic rings. The van der Waals surface area contributed by atoms with Crippen molar-refractivity contribution in [2.75, 3.05) is 41.3 Å². The Morgan fingerprint density at radius 2 is 1.70 bits per heavy atom. The van der Waals surface area contributed by atoms with Gasteiger partial charge in [0.05, 0.1) is 0 Å². The number of rotatable bonds is 5. The third-order valence-corrected chi connectivity index (χ3v) is 6.13. The van der Waals surface area contributed by atoms with Crippen LogP contribution in [0.2, 0.25) is 0 Å². The first-order chi connectivity index (χ1) is 14.7. The van der Waals surface area contributed by atoms with Crippen LogP contribution in [0.15, 0.2) is 36.4 Å². The van der Waals surface area contributed by atoms with Gasteiger partial charge in [-0.1, -0.05) is 37.3 Å². The van der Waals surface area contributed by atoms with Crippen molar-refractivity contribution in [3.05, 3.63) is 42.0 Å². The van der Waals surface area contributed by atoms with Crippen LogP contribution in [0.3, 0.4) is 0 Å². The number of nitrogens with zero attached hydrogens (tertiary/aromatic N) is 4. The third-order valence-electron chi connectivity index (χ3n) is 5.88. The summed E-state index contributed by atoms with van der Waals surface area (Å²) in [7, 11) is 0. The van der Waals surface area contributed by atoms with Gasteiger partial charge in [0, 0.05) is 38.8 Å². The van der Waals surface area contributed by atoms with Gasteiger partial charge in [-0.05, 0) is 55.8 Å². The molecule has 160 valence electrons. The molecule has 2 N–H and O–H groups in total. The molecular formula is C23H32N6S. The lowest BCUT2D eigenvalue weighted by Gasteiger charge is -2.33. The van der Waals surface area contributed by atoms with Crippen molar-refractivity contribution in [3.63, 3.8) is 0 Å². The Labute approximate surface area is 185 Å². The standard InChI is InChI=1S/C23H32N6S/c1-18-9-8-14-29(17-18)21-15-20(28-12-6-3-7-13-28)25-22(26-21)27-23(30)24-16-19-10-4-2-5-11-19/h2,4-5,10-11,15,18H,3,6-9,12-14,16-17H2,1H3,(H2,24,25,26,27,30)/t18-/m0/s1. The van der Waals surface area contributed by atoms with Crippen LogP contribution in [0.25, 0.3) is 0 Å². The van der Waals surface area contributed by atoms with Gasteiger partial charge >= 0.3 is 0 Å². The fraction of sp³-hybridized carbons (Fsp3) is 0.522. The average molecular weight is 425 g/mol. The topological polar surface area (TPSA) is 56.3 Å². The quantitative estimate of drug-likeness (QED) is 0.698. The number of aromatic nitrogens is 2. The second-order valence-electron chi connectivity index (χ2n) is 8.44. The van der Waals surface area contributed by atoms with Gasteiger partial charge in [0.2, 0.25) is 5.95 Å². The molecule has 1 aromatic heterocycles. The molecule has 0 saturated carbocycles. The Hall–Kier alpha value is -2.41. The molecule has 2 aliphatic heterocycles. The van der Waals surface area contributed by atoms with Crippen LogP contribution in [0.5, 0.6) is 0 Å². The van der Waals surface area contributed by atoms with Gasteiger partial charge in [-0.3, -0.25) is 0 Å². The van der Waals surface area contributed by atoms with E-state index >= 15 is 0 Å². The highest BCUT2D eigenvalue weighted by Gasteiger charge is 2.21. The van der Waals surface area contributed by atoms with E-state index in [-0.39, 0.29) is 0 Å². The molecule has 2 saturated heterocycles. The number of anilines is 3. The zero-order valence-electron chi connectivity index (χ0n) is 17.8. The number of piperidine rings is 2. The number of benzene rings is 1. The molecule has 0 amide bonds. The minimum absolute atomic E-state index is 0.549. The summed E-state index contributed by atoms with van der Waals surface area (Å²) in [6.07, 6.45) is 6.25. The van der Waals surface area contributed by atoms with E-state index in [1.54, 1.807) is 0 Å². The molecule has 30 heavy (non-hydrogen) atoms. The molecule has 7 heteroatoms. The normalized spacial score (nSPS) is 19.4. The first kappa shape index (κ1) is 20.8. The zero-order chi connectivity index (χ0) is 20.8. The van der Waals surface area contributed by atoms with E-state index in [2.05, 4.69) is 45.6 Å². The maximum Gasteiger partial charge on any atom is 0.232 e. The number of hydrogen-bond acceptors (Lipinski definition) is 5. The highest BCUT2D eigenvalue weighted by Crippen LogP contribution is 2.27. The summed E-state index contributed by atoms with van der Waals surface area (Å²) in [6.45, 7) is 7.21. The van der Waals surface area contributed by atoms with Crippen LogP contribution in [-0.4, -0.2) is 41.3 Å². The van der Waals surface area contributed by atoms with Crippen LogP contribution < -0.4 is 20.4 Å². The highest BCUT2D eigenvalue weighted by atomic mass is 32.1. The fourth-order valence-electron chi connectivity index (χ4n) is 4.25. The lowest BCUT2D eigenvalue weighted by atomic mass is 10.0. The molecule has 1 atom stereocenters. The number of nitrogens with one attached hydrogen (secondary N) is 2. The smallest absolute Gasteiger partial charge is 0.232 e. The maximum absolute atomic E-state index is 5.52. The van der Waals surface area contributed by atoms with Crippen LogP contribution in [-0.2, 0) is 6.54 Å². The molecule has 2 fully saturated rings. The van der Waals surface area contributed by atoms with Crippen LogP contribution in [0, 0.1) is 5.92 Å². The van der Waals surface area contributed by atoms with Crippen molar-refractivity contribution in [2.24, 2.45) is 5.92 Å². The van der Waals surface area contributed by atoms with Gasteiger partial charge in [0.25, 0.3) is 0 Å². The first-order valence-corrected chi connectivity index (χ1v) is 11.6. The SMILES string of the molecule is C[C@H]1CCCN(c2cc(N3CCCCC3)nc(NC(=S)NCc3ccccc3)n2)C1. The predicted molar refractivity (Wildman–Crippen MR) is 128 cm³/mol. The van der Waals surface area contributed by atoms with Gasteiger partial charge < -0.3 is 20.4 Å². The lowest BCUT2D eigenvalue weighted by Crippen LogP contribution is -2.36. The number of hydrogen-bond donors (Lipinski definition) is 2. The van der Waals surface area contributed by atoms with E-state index in [0.29, 0.717) is 23.5 Å². The van der Waals surface area contributed by atoms with Crippen molar-refractivity contribution in [1.29, 1.82) is 0 Å². The summed E-state index contributed by atoms with van der Waals surface area (Å²) < 4.78 is 0. The van der Waals surface area contributed by atoms with E-state index in [4.69, 9.17) is 22.2 Å². The van der Waals surface area contributed by atoms with E-state index in [0.717, 1.165) is 37.8 Å². The fourth-order valence-corrected chi connectivity index (χ4v) is 4.41. The molecule has 0 bridgehead atoms. The van der Waals surface area contributed by atoms with Gasteiger partial charge in [0.15, 0.2) is 5.11 Å². The second-order valence-corrected chi connectivity index (χ2v) is 8.85. The molecule has 1 aromatic carbocycles. The Bertz CT molecular complexity index is 837. The molecule has 0 radical (unpaired) electrons. The summed E-state index contributed by atoms with van der Waals surface area (Å²) in [5.74, 6) is 3.28. The van der Waals surface area contributed by atoms with Crippen molar-refractivity contribution in [2.45, 2.75) is 45.6 Å². The van der Waals surface area contributed by atoms with Crippen molar-refractivity contribution < 1.29 is 0 Å². The molecular weight excluding hydrogens is 392 g/mol. The molecule has 0 aliphatic carbocycles. The highest BCUT2D eigenvalue weighted by molar-refractivity contribution is 7.80. The molecule has 4 rings (SSSR count). The van der Waals surface area contributed by atoms with Gasteiger partial charge in [-0.25, -0.2) is 0 Å². The monoisotopic (exact) mass is 424 g/mol. The predicted octanol–water partition coefficient (Wildman–Crippen LogP) is 4.19. The molecule has 2 aromatic rings. The van der Waals surface area contributed by atoms with E-state index in [9.17, 15) is 0 Å². The average Bonchev–Trinajstić information content (AvgIpc) is 2.79. The maximum atomic E-state index is 5.52. The third kappa shape index (κ3) is 5.59. The Morgan fingerprint density at radius 3 is 2.43 bits per heavy atom.